The fourth-order valence-corrected chi connectivity index (χ4v) is 3.27. The standard InChI is InChI=1S/C4H8O5SSi/c1-4(2)3-11-8-7-10(5,6)9-11/h3,11H,1-2H3. The van der Waals surface area contributed by atoms with E-state index in [2.05, 4.69) is 12.8 Å². The van der Waals surface area contributed by atoms with Crippen LogP contribution < -0.4 is 0 Å². The molecule has 64 valence electrons. The van der Waals surface area contributed by atoms with Gasteiger partial charge in [-0.1, -0.05) is 9.91 Å². The van der Waals surface area contributed by atoms with Gasteiger partial charge in [0.25, 0.3) is 0 Å². The molecule has 0 aromatic heterocycles. The monoisotopic (exact) mass is 196 g/mol. The van der Waals surface area contributed by atoms with Crippen LogP contribution in [0.4, 0.5) is 0 Å². The molecular weight excluding hydrogens is 188 g/mol. The SMILES string of the molecule is CC(C)=C[SiH]1OOS(=O)(=O)O1. The van der Waals surface area contributed by atoms with E-state index in [9.17, 15) is 8.42 Å². The molecule has 0 aromatic rings. The fraction of sp³-hybridized carbons (Fsp3) is 0.500. The molecule has 0 aromatic carbocycles. The Kier molecular flexibility index (Phi) is 2.45. The minimum absolute atomic E-state index is 0.947. The van der Waals surface area contributed by atoms with Gasteiger partial charge in [0.1, 0.15) is 0 Å². The summed E-state index contributed by atoms with van der Waals surface area (Å²) in [6.45, 7) is 3.65. The van der Waals surface area contributed by atoms with Crippen LogP contribution in [0.5, 0.6) is 0 Å². The highest BCUT2D eigenvalue weighted by atomic mass is 32.3. The van der Waals surface area contributed by atoms with Crippen molar-refractivity contribution in [1.82, 2.24) is 0 Å². The molecule has 1 saturated heterocycles. The lowest BCUT2D eigenvalue weighted by molar-refractivity contribution is -0.0847. The average molecular weight is 196 g/mol. The quantitative estimate of drug-likeness (QED) is 0.434. The van der Waals surface area contributed by atoms with Crippen LogP contribution in [-0.4, -0.2) is 17.7 Å². The van der Waals surface area contributed by atoms with Crippen molar-refractivity contribution >= 4 is 19.7 Å². The van der Waals surface area contributed by atoms with E-state index in [1.54, 1.807) is 5.70 Å². The third-order valence-electron chi connectivity index (χ3n) is 0.900. The van der Waals surface area contributed by atoms with Crippen molar-refractivity contribution in [2.45, 2.75) is 13.8 Å². The zero-order valence-corrected chi connectivity index (χ0v) is 8.08. The molecule has 0 bridgehead atoms. The number of hydrogen-bond donors (Lipinski definition) is 0. The molecule has 11 heavy (non-hydrogen) atoms. The Bertz CT molecular complexity index is 264. The Morgan fingerprint density at radius 3 is 2.45 bits per heavy atom. The van der Waals surface area contributed by atoms with Crippen LogP contribution in [0.3, 0.4) is 0 Å². The van der Waals surface area contributed by atoms with Gasteiger partial charge in [0.05, 0.1) is 0 Å². The molecule has 1 unspecified atom stereocenters. The van der Waals surface area contributed by atoms with Crippen LogP contribution in [0.15, 0.2) is 11.3 Å². The highest BCUT2D eigenvalue weighted by Gasteiger charge is 2.32. The van der Waals surface area contributed by atoms with Crippen molar-refractivity contribution < 1.29 is 21.2 Å². The van der Waals surface area contributed by atoms with Gasteiger partial charge >= 0.3 is 19.7 Å². The largest absolute Gasteiger partial charge is 0.418 e. The third kappa shape index (κ3) is 2.71. The summed E-state index contributed by atoms with van der Waals surface area (Å²) in [6, 6.07) is 0. The molecule has 0 aliphatic carbocycles. The molecule has 0 spiro atoms. The van der Waals surface area contributed by atoms with Crippen LogP contribution in [0.2, 0.25) is 0 Å². The maximum absolute atomic E-state index is 10.5. The second-order valence-corrected chi connectivity index (χ2v) is 5.27. The molecule has 0 radical (unpaired) electrons. The van der Waals surface area contributed by atoms with Gasteiger partial charge in [-0.2, -0.15) is 8.42 Å². The summed E-state index contributed by atoms with van der Waals surface area (Å²) >= 11 is 0. The Morgan fingerprint density at radius 1 is 1.45 bits per heavy atom. The third-order valence-corrected chi connectivity index (χ3v) is 4.21. The number of allylic oxidation sites excluding steroid dienone is 1. The lowest BCUT2D eigenvalue weighted by atomic mass is 10.4. The van der Waals surface area contributed by atoms with Crippen molar-refractivity contribution in [2.24, 2.45) is 0 Å². The Labute approximate surface area is 66.7 Å². The number of rotatable bonds is 1. The molecule has 1 aliphatic heterocycles. The van der Waals surface area contributed by atoms with Gasteiger partial charge in [-0.15, -0.1) is 0 Å². The molecule has 5 nitrogen and oxygen atoms in total. The van der Waals surface area contributed by atoms with E-state index in [4.69, 9.17) is 0 Å². The van der Waals surface area contributed by atoms with E-state index < -0.39 is 19.7 Å². The summed E-state index contributed by atoms with van der Waals surface area (Å²) in [5.41, 5.74) is 2.58. The van der Waals surface area contributed by atoms with Gasteiger partial charge in [-0.3, -0.25) is 3.87 Å². The van der Waals surface area contributed by atoms with E-state index in [1.807, 2.05) is 13.8 Å². The normalized spacial score (nSPS) is 28.4. The molecule has 1 aliphatic rings. The smallest absolute Gasteiger partial charge is 0.258 e. The fourth-order valence-electron chi connectivity index (χ4n) is 0.563. The van der Waals surface area contributed by atoms with Crippen LogP contribution in [0.1, 0.15) is 13.8 Å². The van der Waals surface area contributed by atoms with E-state index >= 15 is 0 Å². The van der Waals surface area contributed by atoms with Crippen molar-refractivity contribution in [3.05, 3.63) is 11.3 Å². The van der Waals surface area contributed by atoms with Crippen molar-refractivity contribution in [3.8, 4) is 0 Å². The molecule has 0 saturated carbocycles. The van der Waals surface area contributed by atoms with Crippen LogP contribution >= 0.6 is 0 Å². The lowest BCUT2D eigenvalue weighted by Gasteiger charge is -1.92. The van der Waals surface area contributed by atoms with Crippen LogP contribution in [0, 0.1) is 0 Å². The zero-order chi connectivity index (χ0) is 8.48. The topological polar surface area (TPSA) is 61.8 Å². The average Bonchev–Trinajstić information content (AvgIpc) is 2.08. The van der Waals surface area contributed by atoms with E-state index in [0.29, 0.717) is 0 Å². The van der Waals surface area contributed by atoms with Crippen molar-refractivity contribution in [3.63, 3.8) is 0 Å². The van der Waals surface area contributed by atoms with Gasteiger partial charge in [0.15, 0.2) is 0 Å². The Hall–Kier alpha value is -0.213. The van der Waals surface area contributed by atoms with E-state index in [1.165, 1.54) is 0 Å². The molecule has 1 heterocycles. The van der Waals surface area contributed by atoms with Gasteiger partial charge in [0.2, 0.25) is 0 Å². The first-order chi connectivity index (χ1) is 4.99. The summed E-state index contributed by atoms with van der Waals surface area (Å²) in [5.74, 6) is 0. The first-order valence-electron chi connectivity index (χ1n) is 2.93. The molecule has 0 amide bonds. The van der Waals surface area contributed by atoms with E-state index in [-0.39, 0.29) is 0 Å². The minimum Gasteiger partial charge on any atom is -0.258 e. The molecular formula is C4H8O5SSi. The molecule has 1 rings (SSSR count). The molecule has 1 fully saturated rings. The predicted octanol–water partition coefficient (Wildman–Crippen LogP) is -0.0645. The second kappa shape index (κ2) is 3.03. The molecule has 1 atom stereocenters. The zero-order valence-electron chi connectivity index (χ0n) is 6.10. The second-order valence-electron chi connectivity index (χ2n) is 2.28. The van der Waals surface area contributed by atoms with Gasteiger partial charge in [-0.25, -0.2) is 4.58 Å². The lowest BCUT2D eigenvalue weighted by Crippen LogP contribution is -2.11. The number of hydrogen-bond acceptors (Lipinski definition) is 5. The summed E-state index contributed by atoms with van der Waals surface area (Å²) in [5, 5.41) is 0. The van der Waals surface area contributed by atoms with Crippen molar-refractivity contribution in [2.75, 3.05) is 0 Å². The van der Waals surface area contributed by atoms with Gasteiger partial charge in [0, 0.05) is 0 Å². The molecule has 7 heteroatoms. The van der Waals surface area contributed by atoms with Gasteiger partial charge in [-0.05, 0) is 19.5 Å². The summed E-state index contributed by atoms with van der Waals surface area (Å²) in [7, 11) is -6.08. The minimum atomic E-state index is -3.85. The van der Waals surface area contributed by atoms with Crippen LogP contribution in [-0.2, 0) is 23.2 Å². The van der Waals surface area contributed by atoms with Crippen LogP contribution in [0.25, 0.3) is 0 Å². The maximum atomic E-state index is 10.5. The summed E-state index contributed by atoms with van der Waals surface area (Å²) in [4.78, 5) is 0. The Morgan fingerprint density at radius 2 is 2.09 bits per heavy atom. The first kappa shape index (κ1) is 8.88. The highest BCUT2D eigenvalue weighted by molar-refractivity contribution is 7.83. The highest BCUT2D eigenvalue weighted by Crippen LogP contribution is 2.12. The summed E-state index contributed by atoms with van der Waals surface area (Å²) in [6.07, 6.45) is 0. The summed E-state index contributed by atoms with van der Waals surface area (Å²) < 4.78 is 33.7. The predicted molar refractivity (Wildman–Crippen MR) is 38.8 cm³/mol. The van der Waals surface area contributed by atoms with Crippen molar-refractivity contribution in [1.29, 1.82) is 0 Å². The van der Waals surface area contributed by atoms with E-state index in [0.717, 1.165) is 5.57 Å². The Balaban J connectivity index is 2.63. The van der Waals surface area contributed by atoms with Gasteiger partial charge < -0.3 is 0 Å². The molecule has 0 N–H and O–H groups in total. The first-order valence-corrected chi connectivity index (χ1v) is 5.87. The maximum Gasteiger partial charge on any atom is 0.418 e.